The minimum atomic E-state index is 0.116. The highest BCUT2D eigenvalue weighted by molar-refractivity contribution is 5.03. The predicted octanol–water partition coefficient (Wildman–Crippen LogP) is 2.40. The van der Waals surface area contributed by atoms with Crippen LogP contribution in [0.3, 0.4) is 0 Å². The van der Waals surface area contributed by atoms with Crippen molar-refractivity contribution in [3.05, 3.63) is 17.7 Å². The molecule has 0 fully saturated rings. The van der Waals surface area contributed by atoms with Crippen LogP contribution in [0.5, 0.6) is 0 Å². The molecule has 1 unspecified atom stereocenters. The summed E-state index contributed by atoms with van der Waals surface area (Å²) in [6, 6.07) is 0. The van der Waals surface area contributed by atoms with Gasteiger partial charge in [0.05, 0.1) is 0 Å². The molecule has 0 amide bonds. The highest BCUT2D eigenvalue weighted by atomic mass is 16.5. The second-order valence-electron chi connectivity index (χ2n) is 3.81. The van der Waals surface area contributed by atoms with Crippen LogP contribution < -0.4 is 5.32 Å². The van der Waals surface area contributed by atoms with Crippen molar-refractivity contribution in [1.29, 1.82) is 0 Å². The molecule has 0 aliphatic heterocycles. The van der Waals surface area contributed by atoms with Crippen LogP contribution in [0.2, 0.25) is 0 Å². The normalized spacial score (nSPS) is 12.9. The first-order valence-corrected chi connectivity index (χ1v) is 6.17. The maximum atomic E-state index is 5.67. The van der Waals surface area contributed by atoms with E-state index in [2.05, 4.69) is 29.1 Å². The highest BCUT2D eigenvalue weighted by Gasteiger charge is 2.13. The molecule has 0 aromatic carbocycles. The molecule has 0 radical (unpaired) electrons. The average Bonchev–Trinajstić information content (AvgIpc) is 2.74. The van der Waals surface area contributed by atoms with Gasteiger partial charge >= 0.3 is 0 Å². The van der Waals surface area contributed by atoms with Crippen LogP contribution in [-0.2, 0) is 11.3 Å². The van der Waals surface area contributed by atoms with Gasteiger partial charge in [-0.2, -0.15) is 0 Å². The van der Waals surface area contributed by atoms with E-state index in [0.717, 1.165) is 44.1 Å². The second kappa shape index (κ2) is 7.41. The van der Waals surface area contributed by atoms with Crippen molar-refractivity contribution in [3.8, 4) is 0 Å². The van der Waals surface area contributed by atoms with E-state index in [1.807, 2.05) is 13.1 Å². The highest BCUT2D eigenvalue weighted by Crippen LogP contribution is 2.19. The summed E-state index contributed by atoms with van der Waals surface area (Å²) in [7, 11) is 0. The summed E-state index contributed by atoms with van der Waals surface area (Å²) in [5.41, 5.74) is 1.12. The Morgan fingerprint density at radius 2 is 2.25 bits per heavy atom. The van der Waals surface area contributed by atoms with E-state index >= 15 is 0 Å². The molecule has 0 aliphatic carbocycles. The Labute approximate surface area is 97.8 Å². The number of aromatic nitrogens is 2. The van der Waals surface area contributed by atoms with Gasteiger partial charge in [0.1, 0.15) is 11.9 Å². The Kier molecular flexibility index (Phi) is 6.11. The Morgan fingerprint density at radius 1 is 1.44 bits per heavy atom. The van der Waals surface area contributed by atoms with Gasteiger partial charge in [0.2, 0.25) is 0 Å². The van der Waals surface area contributed by atoms with Gasteiger partial charge in [-0.15, -0.1) is 0 Å². The lowest BCUT2D eigenvalue weighted by Gasteiger charge is -2.13. The number of nitrogens with one attached hydrogen (secondary N) is 2. The van der Waals surface area contributed by atoms with Gasteiger partial charge in [-0.1, -0.05) is 20.3 Å². The molecule has 1 atom stereocenters. The summed E-state index contributed by atoms with van der Waals surface area (Å²) < 4.78 is 5.67. The first-order chi connectivity index (χ1) is 7.81. The van der Waals surface area contributed by atoms with Crippen molar-refractivity contribution in [2.24, 2.45) is 0 Å². The van der Waals surface area contributed by atoms with Gasteiger partial charge in [-0.25, -0.2) is 4.98 Å². The average molecular weight is 225 g/mol. The molecule has 0 aliphatic rings. The lowest BCUT2D eigenvalue weighted by molar-refractivity contribution is 0.0499. The lowest BCUT2D eigenvalue weighted by Crippen LogP contribution is -2.12. The van der Waals surface area contributed by atoms with Crippen LogP contribution in [-0.4, -0.2) is 23.1 Å². The summed E-state index contributed by atoms with van der Waals surface area (Å²) in [4.78, 5) is 7.71. The van der Waals surface area contributed by atoms with Crippen molar-refractivity contribution < 1.29 is 4.74 Å². The monoisotopic (exact) mass is 225 g/mol. The molecule has 0 spiro atoms. The fourth-order valence-electron chi connectivity index (χ4n) is 1.65. The molecule has 0 saturated carbocycles. The number of aromatic amines is 1. The molecule has 92 valence electrons. The van der Waals surface area contributed by atoms with Crippen molar-refractivity contribution in [2.75, 3.05) is 13.2 Å². The predicted molar refractivity (Wildman–Crippen MR) is 65.2 cm³/mol. The fraction of sp³-hybridized carbons (Fsp3) is 0.750. The summed E-state index contributed by atoms with van der Waals surface area (Å²) in [5, 5.41) is 3.27. The summed E-state index contributed by atoms with van der Waals surface area (Å²) in [6.07, 6.45) is 4.13. The molecule has 1 aromatic heterocycles. The topological polar surface area (TPSA) is 49.9 Å². The van der Waals surface area contributed by atoms with Crippen molar-refractivity contribution in [2.45, 2.75) is 46.3 Å². The fourth-order valence-corrected chi connectivity index (χ4v) is 1.65. The zero-order valence-corrected chi connectivity index (χ0v) is 10.5. The summed E-state index contributed by atoms with van der Waals surface area (Å²) in [6.45, 7) is 8.82. The van der Waals surface area contributed by atoms with E-state index in [-0.39, 0.29) is 6.10 Å². The Morgan fingerprint density at radius 3 is 2.88 bits per heavy atom. The molecule has 2 N–H and O–H groups in total. The number of rotatable bonds is 8. The molecule has 16 heavy (non-hydrogen) atoms. The zero-order valence-electron chi connectivity index (χ0n) is 10.5. The number of hydrogen-bond donors (Lipinski definition) is 2. The summed E-state index contributed by atoms with van der Waals surface area (Å²) >= 11 is 0. The number of ether oxygens (including phenoxy) is 1. The maximum Gasteiger partial charge on any atom is 0.135 e. The third kappa shape index (κ3) is 3.94. The number of nitrogens with zero attached hydrogens (tertiary/aromatic N) is 1. The second-order valence-corrected chi connectivity index (χ2v) is 3.81. The van der Waals surface area contributed by atoms with Gasteiger partial charge in [0.25, 0.3) is 0 Å². The zero-order chi connectivity index (χ0) is 11.8. The van der Waals surface area contributed by atoms with Gasteiger partial charge < -0.3 is 15.0 Å². The Bertz CT molecular complexity index is 280. The minimum absolute atomic E-state index is 0.116. The van der Waals surface area contributed by atoms with Crippen LogP contribution in [0.1, 0.15) is 51.2 Å². The van der Waals surface area contributed by atoms with Crippen LogP contribution in [0.15, 0.2) is 6.20 Å². The van der Waals surface area contributed by atoms with Gasteiger partial charge in [-0.05, 0) is 19.9 Å². The third-order valence-corrected chi connectivity index (χ3v) is 2.44. The number of imidazole rings is 1. The molecule has 4 nitrogen and oxygen atoms in total. The van der Waals surface area contributed by atoms with Gasteiger partial charge in [0, 0.05) is 25.0 Å². The van der Waals surface area contributed by atoms with Crippen LogP contribution >= 0.6 is 0 Å². The minimum Gasteiger partial charge on any atom is -0.371 e. The van der Waals surface area contributed by atoms with E-state index in [0.29, 0.717) is 0 Å². The Hall–Kier alpha value is -0.870. The molecule has 1 rings (SSSR count). The lowest BCUT2D eigenvalue weighted by atomic mass is 10.2. The van der Waals surface area contributed by atoms with Crippen LogP contribution in [0.4, 0.5) is 0 Å². The molecule has 0 bridgehead atoms. The molecule has 0 saturated heterocycles. The number of hydrogen-bond acceptors (Lipinski definition) is 3. The van der Waals surface area contributed by atoms with E-state index in [1.54, 1.807) is 0 Å². The van der Waals surface area contributed by atoms with Crippen LogP contribution in [0.25, 0.3) is 0 Å². The van der Waals surface area contributed by atoms with E-state index in [4.69, 9.17) is 4.74 Å². The van der Waals surface area contributed by atoms with Gasteiger partial charge in [-0.3, -0.25) is 0 Å². The number of H-pyrrole nitrogens is 1. The van der Waals surface area contributed by atoms with Crippen molar-refractivity contribution >= 4 is 0 Å². The van der Waals surface area contributed by atoms with Gasteiger partial charge in [0.15, 0.2) is 0 Å². The molecule has 1 heterocycles. The van der Waals surface area contributed by atoms with E-state index in [9.17, 15) is 0 Å². The van der Waals surface area contributed by atoms with E-state index in [1.165, 1.54) is 0 Å². The van der Waals surface area contributed by atoms with Crippen molar-refractivity contribution in [1.82, 2.24) is 15.3 Å². The molecular weight excluding hydrogens is 202 g/mol. The first-order valence-electron chi connectivity index (χ1n) is 6.17. The SMILES string of the molecule is CCCC(OCC)c1ncc(CNCC)[nH]1. The van der Waals surface area contributed by atoms with E-state index < -0.39 is 0 Å². The smallest absolute Gasteiger partial charge is 0.135 e. The largest absolute Gasteiger partial charge is 0.371 e. The van der Waals surface area contributed by atoms with Crippen LogP contribution in [0, 0.1) is 0 Å². The first kappa shape index (κ1) is 13.2. The molecule has 4 heteroatoms. The molecule has 1 aromatic rings. The third-order valence-electron chi connectivity index (χ3n) is 2.44. The quantitative estimate of drug-likeness (QED) is 0.714. The standard InChI is InChI=1S/C12H23N3O/c1-4-7-11(16-6-3)12-14-9-10(15-12)8-13-5-2/h9,11,13H,4-8H2,1-3H3,(H,14,15). The van der Waals surface area contributed by atoms with Crippen molar-refractivity contribution in [3.63, 3.8) is 0 Å². The maximum absolute atomic E-state index is 5.67. The Balaban J connectivity index is 2.58. The molecular formula is C12H23N3O. The summed E-state index contributed by atoms with van der Waals surface area (Å²) in [5.74, 6) is 0.955.